The normalized spacial score (nSPS) is 23.1. The van der Waals surface area contributed by atoms with Gasteiger partial charge in [-0.3, -0.25) is 0 Å². The molecule has 1 unspecified atom stereocenters. The maximum atomic E-state index is 3.57. The Bertz CT molecular complexity index is 222. The first kappa shape index (κ1) is 10.2. The second-order valence-electron chi connectivity index (χ2n) is 4.93. The zero-order valence-corrected chi connectivity index (χ0v) is 9.40. The summed E-state index contributed by atoms with van der Waals surface area (Å²) in [4.78, 5) is 0. The topological polar surface area (TPSA) is 24.1 Å². The molecule has 2 N–H and O–H groups in total. The fraction of sp³-hybridized carbons (Fsp3) is 0.833. The van der Waals surface area contributed by atoms with Gasteiger partial charge in [0.05, 0.1) is 0 Å². The standard InChI is InChI=1S/C12H22N2/c1-9(11-3-4-11)5-13-6-10(2)12-7-14-8-12/h9,11,13-14H,3-8H2,1-2H3. The van der Waals surface area contributed by atoms with E-state index in [9.17, 15) is 0 Å². The number of nitrogens with one attached hydrogen (secondary N) is 2. The third-order valence-electron chi connectivity index (χ3n) is 3.56. The number of rotatable bonds is 5. The first-order chi connectivity index (χ1) is 6.77. The van der Waals surface area contributed by atoms with Gasteiger partial charge >= 0.3 is 0 Å². The molecular weight excluding hydrogens is 172 g/mol. The van der Waals surface area contributed by atoms with Gasteiger partial charge in [-0.1, -0.05) is 12.5 Å². The molecule has 2 nitrogen and oxygen atoms in total. The van der Waals surface area contributed by atoms with Crippen molar-refractivity contribution in [3.8, 4) is 0 Å². The Balaban J connectivity index is 1.61. The van der Waals surface area contributed by atoms with Crippen molar-refractivity contribution in [1.29, 1.82) is 0 Å². The average Bonchev–Trinajstić information content (AvgIpc) is 2.82. The van der Waals surface area contributed by atoms with E-state index in [1.165, 1.54) is 19.4 Å². The van der Waals surface area contributed by atoms with Crippen LogP contribution in [0.2, 0.25) is 0 Å². The number of hydrogen-bond donors (Lipinski definition) is 2. The Labute approximate surface area is 87.2 Å². The van der Waals surface area contributed by atoms with Gasteiger partial charge in [-0.2, -0.15) is 0 Å². The van der Waals surface area contributed by atoms with Gasteiger partial charge in [0.15, 0.2) is 0 Å². The minimum Gasteiger partial charge on any atom is -0.313 e. The molecule has 2 rings (SSSR count). The van der Waals surface area contributed by atoms with E-state index in [4.69, 9.17) is 0 Å². The van der Waals surface area contributed by atoms with Crippen LogP contribution in [0.15, 0.2) is 11.1 Å². The third kappa shape index (κ3) is 2.58. The molecule has 1 aliphatic carbocycles. The zero-order valence-electron chi connectivity index (χ0n) is 9.40. The lowest BCUT2D eigenvalue weighted by Gasteiger charge is -2.22. The van der Waals surface area contributed by atoms with E-state index in [0.717, 1.165) is 31.5 Å². The fourth-order valence-corrected chi connectivity index (χ4v) is 2.00. The van der Waals surface area contributed by atoms with Crippen molar-refractivity contribution in [2.24, 2.45) is 11.8 Å². The van der Waals surface area contributed by atoms with Gasteiger partial charge in [0, 0.05) is 19.6 Å². The van der Waals surface area contributed by atoms with Gasteiger partial charge in [-0.25, -0.2) is 0 Å². The summed E-state index contributed by atoms with van der Waals surface area (Å²) in [5.74, 6) is 1.91. The molecule has 80 valence electrons. The van der Waals surface area contributed by atoms with Gasteiger partial charge < -0.3 is 10.6 Å². The molecule has 2 fully saturated rings. The van der Waals surface area contributed by atoms with Crippen LogP contribution in [0.25, 0.3) is 0 Å². The highest BCUT2D eigenvalue weighted by Crippen LogP contribution is 2.36. The highest BCUT2D eigenvalue weighted by atomic mass is 14.9. The lowest BCUT2D eigenvalue weighted by atomic mass is 10.0. The van der Waals surface area contributed by atoms with Crippen molar-refractivity contribution in [2.75, 3.05) is 26.2 Å². The van der Waals surface area contributed by atoms with Crippen LogP contribution >= 0.6 is 0 Å². The number of hydrogen-bond acceptors (Lipinski definition) is 2. The molecule has 0 bridgehead atoms. The van der Waals surface area contributed by atoms with Crippen LogP contribution < -0.4 is 10.6 Å². The van der Waals surface area contributed by atoms with Crippen molar-refractivity contribution < 1.29 is 0 Å². The van der Waals surface area contributed by atoms with E-state index in [1.807, 2.05) is 0 Å². The third-order valence-corrected chi connectivity index (χ3v) is 3.56. The van der Waals surface area contributed by atoms with Gasteiger partial charge in [0.1, 0.15) is 0 Å². The van der Waals surface area contributed by atoms with Gasteiger partial charge in [-0.05, 0) is 43.7 Å². The summed E-state index contributed by atoms with van der Waals surface area (Å²) < 4.78 is 0. The van der Waals surface area contributed by atoms with Crippen molar-refractivity contribution in [3.05, 3.63) is 11.1 Å². The van der Waals surface area contributed by atoms with Crippen LogP contribution in [-0.2, 0) is 0 Å². The van der Waals surface area contributed by atoms with Crippen molar-refractivity contribution in [2.45, 2.75) is 26.7 Å². The second kappa shape index (κ2) is 4.45. The lowest BCUT2D eigenvalue weighted by molar-refractivity contribution is 0.470. The maximum absolute atomic E-state index is 3.57. The molecule has 2 aliphatic rings. The Kier molecular flexibility index (Phi) is 3.24. The highest BCUT2D eigenvalue weighted by molar-refractivity contribution is 5.22. The van der Waals surface area contributed by atoms with Crippen molar-refractivity contribution >= 4 is 0 Å². The molecule has 0 aromatic heterocycles. The largest absolute Gasteiger partial charge is 0.313 e. The summed E-state index contributed by atoms with van der Waals surface area (Å²) in [5, 5.41) is 6.85. The van der Waals surface area contributed by atoms with E-state index in [1.54, 1.807) is 11.1 Å². The summed E-state index contributed by atoms with van der Waals surface area (Å²) in [5.41, 5.74) is 3.16. The smallest absolute Gasteiger partial charge is 0.0183 e. The Hall–Kier alpha value is -0.340. The van der Waals surface area contributed by atoms with Crippen molar-refractivity contribution in [3.63, 3.8) is 0 Å². The molecule has 2 heteroatoms. The zero-order chi connectivity index (χ0) is 9.97. The highest BCUT2D eigenvalue weighted by Gasteiger charge is 2.27. The molecule has 1 saturated heterocycles. The molecular formula is C12H22N2. The molecule has 1 aliphatic heterocycles. The van der Waals surface area contributed by atoms with Gasteiger partial charge in [-0.15, -0.1) is 0 Å². The van der Waals surface area contributed by atoms with Crippen LogP contribution in [0.4, 0.5) is 0 Å². The average molecular weight is 194 g/mol. The molecule has 0 radical (unpaired) electrons. The Morgan fingerprint density at radius 1 is 1.50 bits per heavy atom. The van der Waals surface area contributed by atoms with Crippen LogP contribution in [0.1, 0.15) is 26.7 Å². The van der Waals surface area contributed by atoms with Crippen LogP contribution in [0.5, 0.6) is 0 Å². The Morgan fingerprint density at radius 2 is 2.21 bits per heavy atom. The molecule has 0 aromatic rings. The van der Waals surface area contributed by atoms with Crippen LogP contribution in [0, 0.1) is 11.8 Å². The molecule has 1 heterocycles. The molecule has 1 saturated carbocycles. The summed E-state index contributed by atoms with van der Waals surface area (Å²) >= 11 is 0. The quantitative estimate of drug-likeness (QED) is 0.649. The predicted octanol–water partition coefficient (Wildman–Crippen LogP) is 1.54. The monoisotopic (exact) mass is 194 g/mol. The molecule has 0 amide bonds. The summed E-state index contributed by atoms with van der Waals surface area (Å²) in [6.07, 6.45) is 2.93. The molecule has 0 aromatic carbocycles. The Morgan fingerprint density at radius 3 is 2.71 bits per heavy atom. The fourth-order valence-electron chi connectivity index (χ4n) is 2.00. The molecule has 0 spiro atoms. The summed E-state index contributed by atoms with van der Waals surface area (Å²) in [6.45, 7) is 9.15. The van der Waals surface area contributed by atoms with E-state index < -0.39 is 0 Å². The lowest BCUT2D eigenvalue weighted by Crippen LogP contribution is -2.36. The SMILES string of the molecule is CC(CNCC(C)C1CC1)=C1CNC1. The van der Waals surface area contributed by atoms with Crippen LogP contribution in [0.3, 0.4) is 0 Å². The van der Waals surface area contributed by atoms with E-state index in [2.05, 4.69) is 24.5 Å². The maximum Gasteiger partial charge on any atom is 0.0183 e. The second-order valence-corrected chi connectivity index (χ2v) is 4.93. The van der Waals surface area contributed by atoms with Gasteiger partial charge in [0.2, 0.25) is 0 Å². The van der Waals surface area contributed by atoms with E-state index in [-0.39, 0.29) is 0 Å². The first-order valence-corrected chi connectivity index (χ1v) is 5.86. The minimum atomic E-state index is 0.882. The molecule has 14 heavy (non-hydrogen) atoms. The van der Waals surface area contributed by atoms with E-state index in [0.29, 0.717) is 0 Å². The van der Waals surface area contributed by atoms with Crippen molar-refractivity contribution in [1.82, 2.24) is 10.6 Å². The predicted molar refractivity (Wildman–Crippen MR) is 60.3 cm³/mol. The summed E-state index contributed by atoms with van der Waals surface area (Å²) in [6, 6.07) is 0. The minimum absolute atomic E-state index is 0.882. The summed E-state index contributed by atoms with van der Waals surface area (Å²) in [7, 11) is 0. The molecule has 1 atom stereocenters. The van der Waals surface area contributed by atoms with Crippen LogP contribution in [-0.4, -0.2) is 26.2 Å². The first-order valence-electron chi connectivity index (χ1n) is 5.86. The van der Waals surface area contributed by atoms with Gasteiger partial charge in [0.25, 0.3) is 0 Å². The van der Waals surface area contributed by atoms with E-state index >= 15 is 0 Å².